The van der Waals surface area contributed by atoms with Gasteiger partial charge in [-0.25, -0.2) is 0 Å². The van der Waals surface area contributed by atoms with Crippen LogP contribution in [0.3, 0.4) is 0 Å². The molecule has 1 aromatic rings. The van der Waals surface area contributed by atoms with Crippen molar-refractivity contribution in [3.8, 4) is 11.8 Å². The third-order valence-electron chi connectivity index (χ3n) is 1.82. The van der Waals surface area contributed by atoms with E-state index in [0.717, 1.165) is 6.92 Å². The van der Waals surface area contributed by atoms with Gasteiger partial charge in [0.1, 0.15) is 0 Å². The van der Waals surface area contributed by atoms with Gasteiger partial charge in [-0.2, -0.15) is 18.2 Å². The van der Waals surface area contributed by atoms with E-state index < -0.39 is 12.3 Å². The van der Waals surface area contributed by atoms with E-state index in [0.29, 0.717) is 0 Å². The van der Waals surface area contributed by atoms with Crippen LogP contribution in [0.15, 0.2) is 12.1 Å². The van der Waals surface area contributed by atoms with Crippen molar-refractivity contribution in [2.45, 2.75) is 19.2 Å². The summed E-state index contributed by atoms with van der Waals surface area (Å²) in [6, 6.07) is 2.62. The molecule has 0 aliphatic rings. The van der Waals surface area contributed by atoms with Gasteiger partial charge in [0, 0.05) is 6.07 Å². The molecule has 0 radical (unpaired) electrons. The van der Waals surface area contributed by atoms with Gasteiger partial charge >= 0.3 is 6.18 Å². The van der Waals surface area contributed by atoms with Crippen LogP contribution in [0.5, 0.6) is 11.8 Å². The fourth-order valence-electron chi connectivity index (χ4n) is 0.911. The Labute approximate surface area is 90.2 Å². The van der Waals surface area contributed by atoms with Crippen molar-refractivity contribution in [3.63, 3.8) is 0 Å². The highest BCUT2D eigenvalue weighted by Gasteiger charge is 2.38. The van der Waals surface area contributed by atoms with Crippen molar-refractivity contribution < 1.29 is 22.6 Å². The number of halogens is 3. The third kappa shape index (κ3) is 2.91. The molecule has 0 fully saturated rings. The van der Waals surface area contributed by atoms with Gasteiger partial charge in [-0.3, -0.25) is 0 Å². The number of nitrogens with zero attached hydrogens (tertiary/aromatic N) is 1. The number of ether oxygens (including phenoxy) is 2. The Bertz CT molecular complexity index is 368. The van der Waals surface area contributed by atoms with E-state index in [1.807, 2.05) is 0 Å². The quantitative estimate of drug-likeness (QED) is 0.872. The first-order valence-corrected chi connectivity index (χ1v) is 4.38. The summed E-state index contributed by atoms with van der Waals surface area (Å²) >= 11 is 0. The van der Waals surface area contributed by atoms with Gasteiger partial charge in [0.25, 0.3) is 0 Å². The maximum atomic E-state index is 12.2. The molecule has 1 heterocycles. The molecule has 2 N–H and O–H groups in total. The molecule has 16 heavy (non-hydrogen) atoms. The van der Waals surface area contributed by atoms with E-state index in [1.165, 1.54) is 19.2 Å². The van der Waals surface area contributed by atoms with Crippen molar-refractivity contribution in [3.05, 3.63) is 12.1 Å². The first-order valence-electron chi connectivity index (χ1n) is 4.38. The van der Waals surface area contributed by atoms with E-state index in [1.54, 1.807) is 0 Å². The normalized spacial score (nSPS) is 13.3. The molecule has 0 saturated heterocycles. The van der Waals surface area contributed by atoms with E-state index >= 15 is 0 Å². The van der Waals surface area contributed by atoms with Crippen LogP contribution in [0.2, 0.25) is 0 Å². The summed E-state index contributed by atoms with van der Waals surface area (Å²) in [5.74, 6) is -0.150. The summed E-state index contributed by atoms with van der Waals surface area (Å²) in [5.41, 5.74) is 5.68. The molecule has 0 saturated carbocycles. The van der Waals surface area contributed by atoms with E-state index in [9.17, 15) is 13.2 Å². The zero-order valence-corrected chi connectivity index (χ0v) is 8.71. The number of nitrogens with two attached hydrogens (primary N) is 1. The predicted octanol–water partition coefficient (Wildman–Crippen LogP) is 2.00. The second-order valence-electron chi connectivity index (χ2n) is 3.05. The van der Waals surface area contributed by atoms with Crippen molar-refractivity contribution in [1.82, 2.24) is 4.98 Å². The first kappa shape index (κ1) is 12.4. The van der Waals surface area contributed by atoms with E-state index in [2.05, 4.69) is 9.72 Å². The molecule has 1 rings (SSSR count). The van der Waals surface area contributed by atoms with Crippen LogP contribution in [0, 0.1) is 0 Å². The lowest BCUT2D eigenvalue weighted by molar-refractivity contribution is -0.190. The molecule has 0 bridgehead atoms. The number of alkyl halides is 3. The average molecular weight is 236 g/mol. The van der Waals surface area contributed by atoms with Gasteiger partial charge in [-0.15, -0.1) is 0 Å². The lowest BCUT2D eigenvalue weighted by Gasteiger charge is -2.17. The highest BCUT2D eigenvalue weighted by atomic mass is 19.4. The number of rotatable bonds is 3. The summed E-state index contributed by atoms with van der Waals surface area (Å²) < 4.78 is 45.9. The number of aromatic nitrogens is 1. The predicted molar refractivity (Wildman–Crippen MR) is 51.3 cm³/mol. The molecule has 0 aliphatic heterocycles. The number of methoxy groups -OCH3 is 1. The zero-order valence-electron chi connectivity index (χ0n) is 8.71. The highest BCUT2D eigenvalue weighted by molar-refractivity contribution is 5.49. The third-order valence-corrected chi connectivity index (χ3v) is 1.82. The van der Waals surface area contributed by atoms with Crippen molar-refractivity contribution in [2.24, 2.45) is 0 Å². The van der Waals surface area contributed by atoms with Gasteiger partial charge in [0.05, 0.1) is 12.8 Å². The van der Waals surface area contributed by atoms with Gasteiger partial charge in [0.2, 0.25) is 11.8 Å². The molecule has 0 aromatic carbocycles. The van der Waals surface area contributed by atoms with Gasteiger partial charge in [-0.1, -0.05) is 0 Å². The van der Waals surface area contributed by atoms with Crippen LogP contribution < -0.4 is 15.2 Å². The minimum absolute atomic E-state index is 0.0341. The van der Waals surface area contributed by atoms with Crippen LogP contribution in [-0.2, 0) is 0 Å². The summed E-state index contributed by atoms with van der Waals surface area (Å²) in [6.07, 6.45) is -6.37. The molecule has 1 aromatic heterocycles. The van der Waals surface area contributed by atoms with Gasteiger partial charge < -0.3 is 15.2 Å². The van der Waals surface area contributed by atoms with Crippen LogP contribution in [0.1, 0.15) is 6.92 Å². The van der Waals surface area contributed by atoms with Gasteiger partial charge in [0.15, 0.2) is 6.10 Å². The SMILES string of the molecule is COc1nc(OC(C)C(F)(F)F)ccc1N. The topological polar surface area (TPSA) is 57.4 Å². The number of anilines is 1. The maximum Gasteiger partial charge on any atom is 0.425 e. The molecule has 7 heteroatoms. The summed E-state index contributed by atoms with van der Waals surface area (Å²) in [7, 11) is 1.32. The Kier molecular flexibility index (Phi) is 3.46. The first-order chi connectivity index (χ1) is 7.34. The number of hydrogen-bond acceptors (Lipinski definition) is 4. The standard InChI is InChI=1S/C9H11F3N2O2/c1-5(9(10,11)12)16-7-4-3-6(13)8(14-7)15-2/h3-5H,13H2,1-2H3. The van der Waals surface area contributed by atoms with Crippen LogP contribution >= 0.6 is 0 Å². The Morgan fingerprint density at radius 1 is 1.38 bits per heavy atom. The Morgan fingerprint density at radius 3 is 2.50 bits per heavy atom. The maximum absolute atomic E-state index is 12.2. The average Bonchev–Trinajstić information content (AvgIpc) is 2.19. The molecule has 1 atom stereocenters. The fraction of sp³-hybridized carbons (Fsp3) is 0.444. The number of hydrogen-bond donors (Lipinski definition) is 1. The van der Waals surface area contributed by atoms with Crippen LogP contribution in [0.25, 0.3) is 0 Å². The Hall–Kier alpha value is -1.66. The number of pyridine rings is 1. The molecule has 0 aliphatic carbocycles. The molecule has 90 valence electrons. The highest BCUT2D eigenvalue weighted by Crippen LogP contribution is 2.26. The lowest BCUT2D eigenvalue weighted by atomic mass is 10.4. The minimum Gasteiger partial charge on any atom is -0.479 e. The number of nitrogen functional groups attached to an aromatic ring is 1. The Morgan fingerprint density at radius 2 is 2.00 bits per heavy atom. The van der Waals surface area contributed by atoms with Gasteiger partial charge in [-0.05, 0) is 13.0 Å². The summed E-state index contributed by atoms with van der Waals surface area (Å²) in [5, 5.41) is 0. The second kappa shape index (κ2) is 4.46. The molecule has 0 spiro atoms. The molecular formula is C9H11F3N2O2. The Balaban J connectivity index is 2.82. The lowest BCUT2D eigenvalue weighted by Crippen LogP contribution is -2.31. The molecular weight excluding hydrogens is 225 g/mol. The van der Waals surface area contributed by atoms with Crippen LogP contribution in [-0.4, -0.2) is 24.4 Å². The van der Waals surface area contributed by atoms with E-state index in [4.69, 9.17) is 10.5 Å². The largest absolute Gasteiger partial charge is 0.479 e. The van der Waals surface area contributed by atoms with Crippen molar-refractivity contribution in [1.29, 1.82) is 0 Å². The second-order valence-corrected chi connectivity index (χ2v) is 3.05. The molecule has 0 amide bonds. The molecule has 1 unspecified atom stereocenters. The summed E-state index contributed by atoms with van der Waals surface area (Å²) in [4.78, 5) is 3.67. The zero-order chi connectivity index (χ0) is 12.3. The minimum atomic E-state index is -4.43. The smallest absolute Gasteiger partial charge is 0.425 e. The monoisotopic (exact) mass is 236 g/mol. The van der Waals surface area contributed by atoms with E-state index in [-0.39, 0.29) is 17.4 Å². The van der Waals surface area contributed by atoms with Crippen LogP contribution in [0.4, 0.5) is 18.9 Å². The fourth-order valence-corrected chi connectivity index (χ4v) is 0.911. The summed E-state index contributed by atoms with van der Waals surface area (Å²) in [6.45, 7) is 0.893. The van der Waals surface area contributed by atoms with Crippen molar-refractivity contribution >= 4 is 5.69 Å². The van der Waals surface area contributed by atoms with Crippen molar-refractivity contribution in [2.75, 3.05) is 12.8 Å². The molecule has 4 nitrogen and oxygen atoms in total.